The lowest BCUT2D eigenvalue weighted by molar-refractivity contribution is 0.397. The molecule has 6 heteroatoms. The highest BCUT2D eigenvalue weighted by atomic mass is 32.2. The molecule has 1 N–H and O–H groups in total. The number of methoxy groups -OCH3 is 1. The van der Waals surface area contributed by atoms with E-state index in [1.54, 1.807) is 31.2 Å². The molecule has 2 rings (SSSR count). The van der Waals surface area contributed by atoms with Gasteiger partial charge in [-0.2, -0.15) is 0 Å². The van der Waals surface area contributed by atoms with Crippen LogP contribution in [0.5, 0.6) is 5.88 Å². The quantitative estimate of drug-likeness (QED) is 0.918. The Kier molecular flexibility index (Phi) is 4.24. The minimum atomic E-state index is -3.46. The molecule has 0 saturated heterocycles. The molecular weight excluding hydrogens is 276 g/mol. The Bertz CT molecular complexity index is 685. The van der Waals surface area contributed by atoms with Crippen molar-refractivity contribution >= 4 is 15.7 Å². The molecule has 2 aromatic rings. The molecule has 0 aliphatic heterocycles. The van der Waals surface area contributed by atoms with E-state index in [0.717, 1.165) is 5.56 Å². The number of benzene rings is 1. The number of sulfonamides is 1. The Labute approximate surface area is 118 Å². The second-order valence-corrected chi connectivity index (χ2v) is 6.06. The fourth-order valence-corrected chi connectivity index (χ4v) is 3.01. The van der Waals surface area contributed by atoms with Crippen molar-refractivity contribution in [1.29, 1.82) is 0 Å². The molecule has 0 amide bonds. The van der Waals surface area contributed by atoms with Crippen LogP contribution >= 0.6 is 0 Å². The molecule has 1 heterocycles. The first-order valence-electron chi connectivity index (χ1n) is 6.06. The van der Waals surface area contributed by atoms with Crippen molar-refractivity contribution < 1.29 is 13.2 Å². The fourth-order valence-electron chi connectivity index (χ4n) is 1.76. The first-order valence-corrected chi connectivity index (χ1v) is 7.71. The number of ether oxygens (including phenoxy) is 1. The number of nitrogens with one attached hydrogen (secondary N) is 1. The minimum Gasteiger partial charge on any atom is -0.481 e. The van der Waals surface area contributed by atoms with Crippen molar-refractivity contribution in [3.05, 3.63) is 53.7 Å². The molecule has 0 atom stereocenters. The van der Waals surface area contributed by atoms with Crippen molar-refractivity contribution in [3.8, 4) is 5.88 Å². The molecule has 1 aromatic carbocycles. The maximum Gasteiger partial charge on any atom is 0.236 e. The minimum absolute atomic E-state index is 0.0701. The molecule has 20 heavy (non-hydrogen) atoms. The summed E-state index contributed by atoms with van der Waals surface area (Å²) in [7, 11) is -1.95. The number of hydrogen-bond donors (Lipinski definition) is 1. The summed E-state index contributed by atoms with van der Waals surface area (Å²) in [6.07, 6.45) is 0. The SMILES string of the molecule is COc1ccc(NS(=O)(=O)Cc2ccccc2)c(C)n1. The van der Waals surface area contributed by atoms with Crippen LogP contribution in [-0.2, 0) is 15.8 Å². The lowest BCUT2D eigenvalue weighted by atomic mass is 10.2. The van der Waals surface area contributed by atoms with Gasteiger partial charge in [0, 0.05) is 6.07 Å². The average molecular weight is 292 g/mol. The summed E-state index contributed by atoms with van der Waals surface area (Å²) in [5, 5.41) is 0. The third-order valence-corrected chi connectivity index (χ3v) is 3.98. The zero-order valence-corrected chi connectivity index (χ0v) is 12.1. The molecule has 0 spiro atoms. The van der Waals surface area contributed by atoms with Gasteiger partial charge < -0.3 is 4.74 Å². The highest BCUT2D eigenvalue weighted by Gasteiger charge is 2.13. The Hall–Kier alpha value is -2.08. The number of nitrogens with zero attached hydrogens (tertiary/aromatic N) is 1. The smallest absolute Gasteiger partial charge is 0.236 e. The zero-order chi connectivity index (χ0) is 14.6. The van der Waals surface area contributed by atoms with Crippen molar-refractivity contribution in [1.82, 2.24) is 4.98 Å². The first kappa shape index (κ1) is 14.3. The van der Waals surface area contributed by atoms with E-state index in [-0.39, 0.29) is 5.75 Å². The summed E-state index contributed by atoms with van der Waals surface area (Å²) in [6, 6.07) is 12.3. The molecule has 0 fully saturated rings. The van der Waals surface area contributed by atoms with Crippen LogP contribution in [0.3, 0.4) is 0 Å². The molecule has 0 saturated carbocycles. The summed E-state index contributed by atoms with van der Waals surface area (Å²) < 4.78 is 31.7. The van der Waals surface area contributed by atoms with Crippen LogP contribution in [0.15, 0.2) is 42.5 Å². The zero-order valence-electron chi connectivity index (χ0n) is 11.3. The van der Waals surface area contributed by atoms with Crippen LogP contribution in [0.1, 0.15) is 11.3 Å². The Morgan fingerprint density at radius 3 is 2.45 bits per heavy atom. The van der Waals surface area contributed by atoms with E-state index in [1.165, 1.54) is 7.11 Å². The third-order valence-electron chi connectivity index (χ3n) is 2.73. The lowest BCUT2D eigenvalue weighted by Crippen LogP contribution is -2.16. The molecule has 0 aliphatic rings. The number of hydrogen-bond acceptors (Lipinski definition) is 4. The van der Waals surface area contributed by atoms with Gasteiger partial charge in [0.25, 0.3) is 0 Å². The van der Waals surface area contributed by atoms with Crippen LogP contribution in [0.4, 0.5) is 5.69 Å². The maximum absolute atomic E-state index is 12.1. The third kappa shape index (κ3) is 3.71. The summed E-state index contributed by atoms with van der Waals surface area (Å²) in [5.74, 6) is 0.382. The largest absolute Gasteiger partial charge is 0.481 e. The summed E-state index contributed by atoms with van der Waals surface area (Å²) in [5.41, 5.74) is 1.77. The number of aromatic nitrogens is 1. The first-order chi connectivity index (χ1) is 9.50. The monoisotopic (exact) mass is 292 g/mol. The van der Waals surface area contributed by atoms with E-state index in [0.29, 0.717) is 17.3 Å². The van der Waals surface area contributed by atoms with Crippen LogP contribution in [-0.4, -0.2) is 20.5 Å². The lowest BCUT2D eigenvalue weighted by Gasteiger charge is -2.11. The molecule has 106 valence electrons. The van der Waals surface area contributed by atoms with E-state index in [4.69, 9.17) is 4.74 Å². The number of aryl methyl sites for hydroxylation is 1. The second-order valence-electron chi connectivity index (χ2n) is 4.33. The van der Waals surface area contributed by atoms with Gasteiger partial charge in [0.2, 0.25) is 15.9 Å². The number of pyridine rings is 1. The van der Waals surface area contributed by atoms with Gasteiger partial charge in [-0.05, 0) is 18.6 Å². The molecule has 0 bridgehead atoms. The van der Waals surface area contributed by atoms with Gasteiger partial charge in [-0.1, -0.05) is 30.3 Å². The fraction of sp³-hybridized carbons (Fsp3) is 0.214. The van der Waals surface area contributed by atoms with E-state index in [1.807, 2.05) is 18.2 Å². The number of anilines is 1. The van der Waals surface area contributed by atoms with Crippen molar-refractivity contribution in [2.45, 2.75) is 12.7 Å². The Balaban J connectivity index is 2.16. The molecule has 0 radical (unpaired) electrons. The predicted molar refractivity (Wildman–Crippen MR) is 78.2 cm³/mol. The summed E-state index contributed by atoms with van der Waals surface area (Å²) in [4.78, 5) is 4.13. The second kappa shape index (κ2) is 5.92. The van der Waals surface area contributed by atoms with Gasteiger partial charge in [-0.25, -0.2) is 13.4 Å². The molecule has 0 unspecified atom stereocenters. The normalized spacial score (nSPS) is 11.1. The summed E-state index contributed by atoms with van der Waals surface area (Å²) in [6.45, 7) is 1.73. The van der Waals surface area contributed by atoms with Crippen LogP contribution in [0.2, 0.25) is 0 Å². The molecule has 0 aliphatic carbocycles. The summed E-state index contributed by atoms with van der Waals surface area (Å²) >= 11 is 0. The van der Waals surface area contributed by atoms with Gasteiger partial charge in [-0.15, -0.1) is 0 Å². The number of rotatable bonds is 5. The average Bonchev–Trinajstić information content (AvgIpc) is 2.41. The standard InChI is InChI=1S/C14H16N2O3S/c1-11-13(8-9-14(15-11)19-2)16-20(17,18)10-12-6-4-3-5-7-12/h3-9,16H,10H2,1-2H3. The van der Waals surface area contributed by atoms with Gasteiger partial charge in [0.05, 0.1) is 24.2 Å². The van der Waals surface area contributed by atoms with Crippen molar-refractivity contribution in [2.75, 3.05) is 11.8 Å². The van der Waals surface area contributed by atoms with E-state index in [2.05, 4.69) is 9.71 Å². The van der Waals surface area contributed by atoms with Crippen LogP contribution < -0.4 is 9.46 Å². The van der Waals surface area contributed by atoms with Crippen molar-refractivity contribution in [2.24, 2.45) is 0 Å². The van der Waals surface area contributed by atoms with Crippen LogP contribution in [0.25, 0.3) is 0 Å². The van der Waals surface area contributed by atoms with Gasteiger partial charge in [0.1, 0.15) is 0 Å². The molecular formula is C14H16N2O3S. The van der Waals surface area contributed by atoms with Gasteiger partial charge in [-0.3, -0.25) is 4.72 Å². The highest BCUT2D eigenvalue weighted by Crippen LogP contribution is 2.19. The Morgan fingerprint density at radius 2 is 1.85 bits per heavy atom. The maximum atomic E-state index is 12.1. The van der Waals surface area contributed by atoms with Crippen molar-refractivity contribution in [3.63, 3.8) is 0 Å². The van der Waals surface area contributed by atoms with Gasteiger partial charge >= 0.3 is 0 Å². The van der Waals surface area contributed by atoms with E-state index in [9.17, 15) is 8.42 Å². The molecule has 5 nitrogen and oxygen atoms in total. The Morgan fingerprint density at radius 1 is 1.15 bits per heavy atom. The topological polar surface area (TPSA) is 68.3 Å². The highest BCUT2D eigenvalue weighted by molar-refractivity contribution is 7.91. The van der Waals surface area contributed by atoms with Gasteiger partial charge in [0.15, 0.2) is 0 Å². The van der Waals surface area contributed by atoms with Crippen LogP contribution in [0, 0.1) is 6.92 Å². The predicted octanol–water partition coefficient (Wildman–Crippen LogP) is 2.34. The molecule has 1 aromatic heterocycles. The van der Waals surface area contributed by atoms with E-state index < -0.39 is 10.0 Å². The van der Waals surface area contributed by atoms with E-state index >= 15 is 0 Å².